The van der Waals surface area contributed by atoms with Crippen molar-refractivity contribution in [2.24, 2.45) is 5.92 Å². The van der Waals surface area contributed by atoms with Crippen LogP contribution in [0.2, 0.25) is 5.02 Å². The first kappa shape index (κ1) is 19.6. The largest absolute Gasteiger partial charge is 0.444 e. The normalized spacial score (nSPS) is 21.0. The van der Waals surface area contributed by atoms with Gasteiger partial charge in [-0.25, -0.2) is 4.79 Å². The minimum atomic E-state index is -0.531. The zero-order chi connectivity index (χ0) is 18.8. The molecular formula is C19H27ClN2O3. The lowest BCUT2D eigenvalue weighted by Gasteiger charge is -2.43. The van der Waals surface area contributed by atoms with Crippen LogP contribution in [0.5, 0.6) is 0 Å². The molecule has 1 aromatic carbocycles. The quantitative estimate of drug-likeness (QED) is 0.751. The molecule has 1 aliphatic heterocycles. The number of hydrogen-bond acceptors (Lipinski definition) is 4. The molecule has 1 saturated heterocycles. The molecule has 1 amide bonds. The first-order chi connectivity index (χ1) is 11.6. The van der Waals surface area contributed by atoms with Gasteiger partial charge in [0.1, 0.15) is 5.60 Å². The molecular weight excluding hydrogens is 340 g/mol. The van der Waals surface area contributed by atoms with Crippen molar-refractivity contribution >= 4 is 29.7 Å². The summed E-state index contributed by atoms with van der Waals surface area (Å²) in [6.45, 7) is 9.11. The summed E-state index contributed by atoms with van der Waals surface area (Å²) in [6, 6.07) is 5.30. The van der Waals surface area contributed by atoms with Crippen LogP contribution in [0.15, 0.2) is 18.2 Å². The number of anilines is 1. The molecule has 0 spiro atoms. The summed E-state index contributed by atoms with van der Waals surface area (Å²) < 4.78 is 5.50. The van der Waals surface area contributed by atoms with Crippen LogP contribution in [0.3, 0.4) is 0 Å². The van der Waals surface area contributed by atoms with Crippen LogP contribution < -0.4 is 4.90 Å². The number of benzene rings is 1. The molecule has 25 heavy (non-hydrogen) atoms. The second-order valence-electron chi connectivity index (χ2n) is 7.67. The van der Waals surface area contributed by atoms with Crippen LogP contribution in [-0.4, -0.2) is 49.1 Å². The third kappa shape index (κ3) is 4.66. The van der Waals surface area contributed by atoms with Gasteiger partial charge >= 0.3 is 6.09 Å². The van der Waals surface area contributed by atoms with Gasteiger partial charge in [0.2, 0.25) is 0 Å². The molecule has 2 rings (SSSR count). The lowest BCUT2D eigenvalue weighted by atomic mass is 9.92. The van der Waals surface area contributed by atoms with Crippen LogP contribution in [0.1, 0.15) is 44.5 Å². The van der Waals surface area contributed by atoms with E-state index >= 15 is 0 Å². The highest BCUT2D eigenvalue weighted by molar-refractivity contribution is 6.33. The van der Waals surface area contributed by atoms with Gasteiger partial charge in [-0.1, -0.05) is 24.6 Å². The minimum absolute atomic E-state index is 0.0145. The molecule has 5 nitrogen and oxygen atoms in total. The molecule has 1 aromatic rings. The van der Waals surface area contributed by atoms with Crippen molar-refractivity contribution in [2.75, 3.05) is 25.0 Å². The van der Waals surface area contributed by atoms with Gasteiger partial charge in [0.05, 0.1) is 16.8 Å². The van der Waals surface area contributed by atoms with Crippen molar-refractivity contribution in [3.05, 3.63) is 28.8 Å². The molecule has 1 aliphatic rings. The summed E-state index contributed by atoms with van der Waals surface area (Å²) in [6.07, 6.45) is 1.40. The molecule has 0 radical (unpaired) electrons. The smallest absolute Gasteiger partial charge is 0.410 e. The van der Waals surface area contributed by atoms with Crippen molar-refractivity contribution in [1.82, 2.24) is 4.90 Å². The number of hydrogen-bond donors (Lipinski definition) is 0. The Morgan fingerprint density at radius 2 is 2.08 bits per heavy atom. The minimum Gasteiger partial charge on any atom is -0.444 e. The number of aldehydes is 1. The van der Waals surface area contributed by atoms with E-state index in [1.165, 1.54) is 0 Å². The number of carbonyl (C=O) groups is 2. The summed E-state index contributed by atoms with van der Waals surface area (Å²) in [4.78, 5) is 27.6. The fourth-order valence-electron chi connectivity index (χ4n) is 3.19. The molecule has 1 heterocycles. The molecule has 1 fully saturated rings. The highest BCUT2D eigenvalue weighted by Gasteiger charge is 2.34. The van der Waals surface area contributed by atoms with Crippen LogP contribution in [0.25, 0.3) is 0 Å². The first-order valence-corrected chi connectivity index (χ1v) is 8.96. The Labute approximate surface area is 154 Å². The van der Waals surface area contributed by atoms with Gasteiger partial charge in [0.15, 0.2) is 6.29 Å². The van der Waals surface area contributed by atoms with E-state index in [1.54, 1.807) is 30.1 Å². The third-order valence-electron chi connectivity index (χ3n) is 4.56. The number of nitrogens with zero attached hydrogens (tertiary/aromatic N) is 2. The number of carbonyl (C=O) groups excluding carboxylic acids is 2. The topological polar surface area (TPSA) is 49.9 Å². The predicted octanol–water partition coefficient (Wildman–Crippen LogP) is 4.23. The Morgan fingerprint density at radius 1 is 1.40 bits per heavy atom. The zero-order valence-corrected chi connectivity index (χ0v) is 16.3. The molecule has 0 bridgehead atoms. The third-order valence-corrected chi connectivity index (χ3v) is 4.86. The van der Waals surface area contributed by atoms with E-state index in [-0.39, 0.29) is 12.1 Å². The lowest BCUT2D eigenvalue weighted by molar-refractivity contribution is 0.0159. The summed E-state index contributed by atoms with van der Waals surface area (Å²) in [7, 11) is 1.77. The number of likely N-dealkylation sites (N-methyl/N-ethyl adjacent to an activating group) is 1. The van der Waals surface area contributed by atoms with Crippen molar-refractivity contribution in [1.29, 1.82) is 0 Å². The zero-order valence-electron chi connectivity index (χ0n) is 15.6. The van der Waals surface area contributed by atoms with Crippen molar-refractivity contribution in [3.8, 4) is 0 Å². The highest BCUT2D eigenvalue weighted by atomic mass is 35.5. The van der Waals surface area contributed by atoms with Gasteiger partial charge in [0, 0.05) is 25.7 Å². The number of para-hydroxylation sites is 1. The van der Waals surface area contributed by atoms with Crippen molar-refractivity contribution in [2.45, 2.75) is 45.8 Å². The SMILES string of the molecule is C[C@H]1CCN(c2c(Cl)cccc2C=O)C[C@H]1N(C)C(=O)OC(C)(C)C. The molecule has 2 atom stereocenters. The number of amides is 1. The summed E-state index contributed by atoms with van der Waals surface area (Å²) >= 11 is 6.35. The van der Waals surface area contributed by atoms with Gasteiger partial charge in [-0.3, -0.25) is 4.79 Å². The number of piperidine rings is 1. The predicted molar refractivity (Wildman–Crippen MR) is 101 cm³/mol. The summed E-state index contributed by atoms with van der Waals surface area (Å²) in [5.41, 5.74) is 0.783. The van der Waals surface area contributed by atoms with Gasteiger partial charge in [-0.15, -0.1) is 0 Å². The van der Waals surface area contributed by atoms with E-state index in [2.05, 4.69) is 11.8 Å². The van der Waals surface area contributed by atoms with Crippen LogP contribution in [-0.2, 0) is 4.74 Å². The second-order valence-corrected chi connectivity index (χ2v) is 8.07. The van der Waals surface area contributed by atoms with E-state index < -0.39 is 5.60 Å². The van der Waals surface area contributed by atoms with E-state index in [0.29, 0.717) is 23.0 Å². The maximum atomic E-state index is 12.4. The van der Waals surface area contributed by atoms with Crippen LogP contribution >= 0.6 is 11.6 Å². The Balaban J connectivity index is 2.22. The number of ether oxygens (including phenoxy) is 1. The number of halogens is 1. The fraction of sp³-hybridized carbons (Fsp3) is 0.579. The molecule has 6 heteroatoms. The highest BCUT2D eigenvalue weighted by Crippen LogP contribution is 2.33. The average molecular weight is 367 g/mol. The monoisotopic (exact) mass is 366 g/mol. The number of rotatable bonds is 3. The Hall–Kier alpha value is -1.75. The van der Waals surface area contributed by atoms with Crippen LogP contribution in [0, 0.1) is 5.92 Å². The first-order valence-electron chi connectivity index (χ1n) is 8.58. The molecule has 0 aliphatic carbocycles. The molecule has 138 valence electrons. The van der Waals surface area contributed by atoms with E-state index in [9.17, 15) is 9.59 Å². The lowest BCUT2D eigenvalue weighted by Crippen LogP contribution is -2.53. The summed E-state index contributed by atoms with van der Waals surface area (Å²) in [5, 5.41) is 0.554. The van der Waals surface area contributed by atoms with Gasteiger partial charge in [0.25, 0.3) is 0 Å². The van der Waals surface area contributed by atoms with E-state index in [0.717, 1.165) is 24.9 Å². The maximum Gasteiger partial charge on any atom is 0.410 e. The van der Waals surface area contributed by atoms with Gasteiger partial charge in [-0.05, 0) is 45.2 Å². The Bertz CT molecular complexity index is 642. The maximum absolute atomic E-state index is 12.4. The molecule has 0 unspecified atom stereocenters. The standard InChI is InChI=1S/C19H27ClN2O3/c1-13-9-10-22(17-14(12-23)7-6-8-15(17)20)11-16(13)21(5)18(24)25-19(2,3)4/h6-8,12-13,16H,9-11H2,1-5H3/t13-,16+/m0/s1. The van der Waals surface area contributed by atoms with Crippen molar-refractivity contribution in [3.63, 3.8) is 0 Å². The Morgan fingerprint density at radius 3 is 2.68 bits per heavy atom. The van der Waals surface area contributed by atoms with Gasteiger partial charge in [-0.2, -0.15) is 0 Å². The van der Waals surface area contributed by atoms with Crippen LogP contribution in [0.4, 0.5) is 10.5 Å². The fourth-order valence-corrected chi connectivity index (χ4v) is 3.49. The average Bonchev–Trinajstić information content (AvgIpc) is 2.53. The van der Waals surface area contributed by atoms with Crippen molar-refractivity contribution < 1.29 is 14.3 Å². The Kier molecular flexibility index (Phi) is 5.99. The molecule has 0 aromatic heterocycles. The van der Waals surface area contributed by atoms with E-state index in [1.807, 2.05) is 20.8 Å². The summed E-state index contributed by atoms with van der Waals surface area (Å²) in [5.74, 6) is 0.330. The molecule has 0 saturated carbocycles. The van der Waals surface area contributed by atoms with Gasteiger partial charge < -0.3 is 14.5 Å². The van der Waals surface area contributed by atoms with E-state index in [4.69, 9.17) is 16.3 Å². The molecule has 0 N–H and O–H groups in total. The second kappa shape index (κ2) is 7.65.